The van der Waals surface area contributed by atoms with E-state index < -0.39 is 10.0 Å². The molecule has 0 radical (unpaired) electrons. The van der Waals surface area contributed by atoms with Crippen molar-refractivity contribution in [2.45, 2.75) is 24.4 Å². The second-order valence-corrected chi connectivity index (χ2v) is 5.96. The monoisotopic (exact) mass is 269 g/mol. The zero-order valence-electron chi connectivity index (χ0n) is 10.5. The van der Waals surface area contributed by atoms with Gasteiger partial charge in [-0.15, -0.1) is 6.58 Å². The second-order valence-electron chi connectivity index (χ2n) is 3.97. The Labute approximate surface area is 108 Å². The lowest BCUT2D eigenvalue weighted by molar-refractivity contribution is 0.460. The lowest BCUT2D eigenvalue weighted by Gasteiger charge is -2.16. The highest BCUT2D eigenvalue weighted by atomic mass is 32.2. The molecule has 1 aromatic heterocycles. The quantitative estimate of drug-likeness (QED) is 0.594. The fourth-order valence-corrected chi connectivity index (χ4v) is 2.54. The molecule has 0 unspecified atom stereocenters. The average molecular weight is 269 g/mol. The number of nitrogens with two attached hydrogens (primary N) is 1. The van der Waals surface area contributed by atoms with Gasteiger partial charge in [0.25, 0.3) is 10.0 Å². The molecule has 0 saturated heterocycles. The Hall–Kier alpha value is -1.24. The van der Waals surface area contributed by atoms with Gasteiger partial charge in [-0.3, -0.25) is 0 Å². The minimum Gasteiger partial charge on any atom is -0.326 e. The molecule has 0 fully saturated rings. The number of sulfonamides is 1. The maximum Gasteiger partial charge on any atom is 0.260 e. The number of rotatable bonds is 7. The number of hydrogen-bond acceptors (Lipinski definition) is 4. The predicted molar refractivity (Wildman–Crippen MR) is 71.4 cm³/mol. The summed E-state index contributed by atoms with van der Waals surface area (Å²) in [5.74, 6) is 0. The van der Waals surface area contributed by atoms with Crippen molar-refractivity contribution in [2.24, 2.45) is 5.73 Å². The Balaban J connectivity index is 2.80. The Kier molecular flexibility index (Phi) is 5.46. The van der Waals surface area contributed by atoms with Crippen LogP contribution in [0, 0.1) is 0 Å². The molecule has 0 aliphatic rings. The number of aromatic nitrogens is 1. The van der Waals surface area contributed by atoms with Crippen molar-refractivity contribution < 1.29 is 8.42 Å². The zero-order chi connectivity index (χ0) is 13.6. The lowest BCUT2D eigenvalue weighted by atomic mass is 10.3. The molecule has 2 N–H and O–H groups in total. The molecule has 0 atom stereocenters. The van der Waals surface area contributed by atoms with E-state index in [0.717, 1.165) is 18.4 Å². The molecule has 0 amide bonds. The average Bonchev–Trinajstić information content (AvgIpc) is 2.39. The molecule has 6 heteroatoms. The first-order valence-electron chi connectivity index (χ1n) is 5.74. The van der Waals surface area contributed by atoms with Crippen LogP contribution in [0.15, 0.2) is 36.0 Å². The molecule has 5 nitrogen and oxygen atoms in total. The van der Waals surface area contributed by atoms with Crippen LogP contribution in [-0.2, 0) is 16.6 Å². The molecule has 0 spiro atoms. The van der Waals surface area contributed by atoms with E-state index >= 15 is 0 Å². The van der Waals surface area contributed by atoms with Gasteiger partial charge in [-0.2, -0.15) is 4.31 Å². The van der Waals surface area contributed by atoms with Crippen LogP contribution in [0.1, 0.15) is 18.4 Å². The molecular weight excluding hydrogens is 250 g/mol. The minimum atomic E-state index is -3.50. The molecule has 0 aromatic carbocycles. The smallest absolute Gasteiger partial charge is 0.260 e. The number of hydrogen-bond donors (Lipinski definition) is 1. The van der Waals surface area contributed by atoms with E-state index in [-0.39, 0.29) is 5.03 Å². The Morgan fingerprint density at radius 2 is 2.22 bits per heavy atom. The summed E-state index contributed by atoms with van der Waals surface area (Å²) in [6.45, 7) is 4.41. The van der Waals surface area contributed by atoms with Crippen molar-refractivity contribution in [3.8, 4) is 0 Å². The highest BCUT2D eigenvalue weighted by molar-refractivity contribution is 7.89. The third-order valence-corrected chi connectivity index (χ3v) is 4.36. The SMILES string of the molecule is C=CCCCN(C)S(=O)(=O)c1ccc(CN)cn1. The van der Waals surface area contributed by atoms with Gasteiger partial charge in [0.1, 0.15) is 0 Å². The zero-order valence-corrected chi connectivity index (χ0v) is 11.4. The van der Waals surface area contributed by atoms with Crippen LogP contribution in [0.4, 0.5) is 0 Å². The van der Waals surface area contributed by atoms with Crippen LogP contribution >= 0.6 is 0 Å². The van der Waals surface area contributed by atoms with Gasteiger partial charge in [0.05, 0.1) is 0 Å². The number of allylic oxidation sites excluding steroid dienone is 1. The second kappa shape index (κ2) is 6.63. The van der Waals surface area contributed by atoms with Crippen molar-refractivity contribution in [3.63, 3.8) is 0 Å². The van der Waals surface area contributed by atoms with E-state index in [1.807, 2.05) is 0 Å². The van der Waals surface area contributed by atoms with Crippen LogP contribution in [0.5, 0.6) is 0 Å². The normalized spacial score (nSPS) is 11.7. The minimum absolute atomic E-state index is 0.0563. The maximum atomic E-state index is 12.1. The van der Waals surface area contributed by atoms with Gasteiger partial charge < -0.3 is 5.73 Å². The number of unbranched alkanes of at least 4 members (excludes halogenated alkanes) is 1. The molecule has 0 bridgehead atoms. The summed E-state index contributed by atoms with van der Waals surface area (Å²) in [6, 6.07) is 3.17. The number of pyridine rings is 1. The van der Waals surface area contributed by atoms with E-state index in [2.05, 4.69) is 11.6 Å². The van der Waals surface area contributed by atoms with Crippen LogP contribution in [0.2, 0.25) is 0 Å². The summed E-state index contributed by atoms with van der Waals surface area (Å²) < 4.78 is 25.6. The Morgan fingerprint density at radius 3 is 2.72 bits per heavy atom. The van der Waals surface area contributed by atoms with Gasteiger partial charge in [0.2, 0.25) is 0 Å². The van der Waals surface area contributed by atoms with Crippen molar-refractivity contribution >= 4 is 10.0 Å². The third-order valence-electron chi connectivity index (χ3n) is 2.59. The molecule has 18 heavy (non-hydrogen) atoms. The first-order chi connectivity index (χ1) is 8.52. The van der Waals surface area contributed by atoms with Gasteiger partial charge in [-0.05, 0) is 24.5 Å². The third kappa shape index (κ3) is 3.63. The van der Waals surface area contributed by atoms with E-state index in [0.29, 0.717) is 13.1 Å². The number of nitrogens with zero attached hydrogens (tertiary/aromatic N) is 2. The highest BCUT2D eigenvalue weighted by Gasteiger charge is 2.21. The van der Waals surface area contributed by atoms with Crippen LogP contribution < -0.4 is 5.73 Å². The summed E-state index contributed by atoms with van der Waals surface area (Å²) >= 11 is 0. The lowest BCUT2D eigenvalue weighted by Crippen LogP contribution is -2.28. The maximum absolute atomic E-state index is 12.1. The van der Waals surface area contributed by atoms with Crippen LogP contribution in [0.3, 0.4) is 0 Å². The summed E-state index contributed by atoms with van der Waals surface area (Å²) in [7, 11) is -1.94. The largest absolute Gasteiger partial charge is 0.326 e. The van der Waals surface area contributed by atoms with Crippen LogP contribution in [-0.4, -0.2) is 31.3 Å². The molecule has 100 valence electrons. The molecule has 0 aliphatic carbocycles. The standard InChI is InChI=1S/C12H19N3O2S/c1-3-4-5-8-15(2)18(16,17)12-7-6-11(9-13)10-14-12/h3,6-7,10H,1,4-5,8-9,13H2,2H3. The highest BCUT2D eigenvalue weighted by Crippen LogP contribution is 2.12. The van der Waals surface area contributed by atoms with E-state index in [1.165, 1.54) is 16.6 Å². The molecule has 0 saturated carbocycles. The first kappa shape index (κ1) is 14.8. The van der Waals surface area contributed by atoms with Gasteiger partial charge in [0.15, 0.2) is 5.03 Å². The van der Waals surface area contributed by atoms with E-state index in [9.17, 15) is 8.42 Å². The Morgan fingerprint density at radius 1 is 1.50 bits per heavy atom. The summed E-state index contributed by atoms with van der Waals surface area (Å²) in [4.78, 5) is 3.94. The molecular formula is C12H19N3O2S. The fraction of sp³-hybridized carbons (Fsp3) is 0.417. The van der Waals surface area contributed by atoms with Crippen LogP contribution in [0.25, 0.3) is 0 Å². The predicted octanol–water partition coefficient (Wildman–Crippen LogP) is 1.13. The summed E-state index contributed by atoms with van der Waals surface area (Å²) in [6.07, 6.45) is 4.80. The summed E-state index contributed by atoms with van der Waals surface area (Å²) in [5.41, 5.74) is 6.25. The fourth-order valence-electron chi connectivity index (χ4n) is 1.42. The molecule has 1 heterocycles. The van der Waals surface area contributed by atoms with E-state index in [4.69, 9.17) is 5.73 Å². The van der Waals surface area contributed by atoms with Gasteiger partial charge in [-0.1, -0.05) is 12.1 Å². The van der Waals surface area contributed by atoms with Gasteiger partial charge in [0, 0.05) is 26.3 Å². The van der Waals surface area contributed by atoms with Gasteiger partial charge in [-0.25, -0.2) is 13.4 Å². The molecule has 0 aliphatic heterocycles. The molecule has 1 aromatic rings. The van der Waals surface area contributed by atoms with Crippen molar-refractivity contribution in [3.05, 3.63) is 36.5 Å². The topological polar surface area (TPSA) is 76.3 Å². The van der Waals surface area contributed by atoms with Crippen molar-refractivity contribution in [2.75, 3.05) is 13.6 Å². The Bertz CT molecular complexity index is 483. The van der Waals surface area contributed by atoms with Crippen molar-refractivity contribution in [1.29, 1.82) is 0 Å². The molecule has 1 rings (SSSR count). The van der Waals surface area contributed by atoms with Crippen molar-refractivity contribution in [1.82, 2.24) is 9.29 Å². The van der Waals surface area contributed by atoms with Gasteiger partial charge >= 0.3 is 0 Å². The summed E-state index contributed by atoms with van der Waals surface area (Å²) in [5, 5.41) is 0.0563. The first-order valence-corrected chi connectivity index (χ1v) is 7.18. The van der Waals surface area contributed by atoms with E-state index in [1.54, 1.807) is 19.2 Å².